The molecule has 0 radical (unpaired) electrons. The maximum absolute atomic E-state index is 11.6. The van der Waals surface area contributed by atoms with Crippen molar-refractivity contribution in [2.45, 2.75) is 18.7 Å². The van der Waals surface area contributed by atoms with E-state index < -0.39 is 0 Å². The molecule has 0 spiro atoms. The van der Waals surface area contributed by atoms with Gasteiger partial charge in [0.15, 0.2) is 0 Å². The number of benzene rings is 1. The highest BCUT2D eigenvalue weighted by atomic mass is 35.5. The Bertz CT molecular complexity index is 384. The zero-order valence-corrected chi connectivity index (χ0v) is 10.9. The number of carbonyl (C=O) groups excluding carboxylic acids is 1. The largest absolute Gasteiger partial charge is 0.325 e. The summed E-state index contributed by atoms with van der Waals surface area (Å²) in [6, 6.07) is 5.17. The third kappa shape index (κ3) is 3.40. The number of likely N-dealkylation sites (N-methyl/N-ethyl adjacent to an activating group) is 1. The van der Waals surface area contributed by atoms with Crippen LogP contribution in [0.2, 0.25) is 5.02 Å². The monoisotopic (exact) mass is 258 g/mol. The zero-order chi connectivity index (χ0) is 12.1. The SMILES string of the molecule is CNC(C)C(=O)Nc1ccc(CS)c(Cl)c1. The van der Waals surface area contributed by atoms with E-state index in [9.17, 15) is 4.79 Å². The van der Waals surface area contributed by atoms with Crippen LogP contribution in [0.1, 0.15) is 12.5 Å². The molecule has 2 N–H and O–H groups in total. The van der Waals surface area contributed by atoms with Crippen LogP contribution in [-0.2, 0) is 10.5 Å². The number of carbonyl (C=O) groups is 1. The van der Waals surface area contributed by atoms with E-state index in [0.29, 0.717) is 16.5 Å². The van der Waals surface area contributed by atoms with Gasteiger partial charge < -0.3 is 10.6 Å². The van der Waals surface area contributed by atoms with Gasteiger partial charge in [-0.1, -0.05) is 17.7 Å². The van der Waals surface area contributed by atoms with Gasteiger partial charge in [0.1, 0.15) is 0 Å². The molecule has 0 heterocycles. The fraction of sp³-hybridized carbons (Fsp3) is 0.364. The van der Waals surface area contributed by atoms with Crippen LogP contribution in [0.3, 0.4) is 0 Å². The molecule has 0 aliphatic rings. The number of nitrogens with one attached hydrogen (secondary N) is 2. The topological polar surface area (TPSA) is 41.1 Å². The minimum absolute atomic E-state index is 0.0859. The molecule has 1 atom stereocenters. The van der Waals surface area contributed by atoms with Crippen molar-refractivity contribution in [1.82, 2.24) is 5.32 Å². The van der Waals surface area contributed by atoms with E-state index in [1.54, 1.807) is 20.0 Å². The fourth-order valence-electron chi connectivity index (χ4n) is 1.13. The fourth-order valence-corrected chi connectivity index (χ4v) is 1.75. The Balaban J connectivity index is 2.75. The van der Waals surface area contributed by atoms with Gasteiger partial charge in [0, 0.05) is 16.5 Å². The van der Waals surface area contributed by atoms with E-state index in [1.807, 2.05) is 12.1 Å². The van der Waals surface area contributed by atoms with Crippen molar-refractivity contribution in [3.63, 3.8) is 0 Å². The second-order valence-electron chi connectivity index (χ2n) is 3.46. The van der Waals surface area contributed by atoms with Gasteiger partial charge in [-0.05, 0) is 31.7 Å². The van der Waals surface area contributed by atoms with Crippen molar-refractivity contribution >= 4 is 35.8 Å². The Hall–Kier alpha value is -0.710. The summed E-state index contributed by atoms with van der Waals surface area (Å²) >= 11 is 10.2. The smallest absolute Gasteiger partial charge is 0.241 e. The molecule has 1 amide bonds. The molecule has 0 aromatic heterocycles. The van der Waals surface area contributed by atoms with E-state index in [0.717, 1.165) is 5.56 Å². The van der Waals surface area contributed by atoms with Crippen LogP contribution in [0.25, 0.3) is 0 Å². The Kier molecular flexibility index (Phi) is 5.12. The molecule has 0 aliphatic carbocycles. The summed E-state index contributed by atoms with van der Waals surface area (Å²) in [7, 11) is 1.74. The average Bonchev–Trinajstić information content (AvgIpc) is 2.28. The predicted octanol–water partition coefficient (Wildman–Crippen LogP) is 2.32. The van der Waals surface area contributed by atoms with Crippen molar-refractivity contribution in [1.29, 1.82) is 0 Å². The molecule has 0 aliphatic heterocycles. The molecule has 1 aromatic carbocycles. The van der Waals surface area contributed by atoms with Crippen molar-refractivity contribution in [2.75, 3.05) is 12.4 Å². The van der Waals surface area contributed by atoms with Crippen LogP contribution >= 0.6 is 24.2 Å². The number of thiol groups is 1. The first-order chi connectivity index (χ1) is 7.58. The molecule has 0 saturated carbocycles. The van der Waals surface area contributed by atoms with Crippen LogP contribution in [0, 0.1) is 0 Å². The number of anilines is 1. The third-order valence-corrected chi connectivity index (χ3v) is 3.01. The summed E-state index contributed by atoms with van der Waals surface area (Å²) in [4.78, 5) is 11.6. The lowest BCUT2D eigenvalue weighted by molar-refractivity contribution is -0.117. The van der Waals surface area contributed by atoms with Gasteiger partial charge in [-0.25, -0.2) is 0 Å². The van der Waals surface area contributed by atoms with E-state index in [1.165, 1.54) is 0 Å². The van der Waals surface area contributed by atoms with Crippen molar-refractivity contribution in [3.05, 3.63) is 28.8 Å². The van der Waals surface area contributed by atoms with Crippen LogP contribution in [0.15, 0.2) is 18.2 Å². The number of halogens is 1. The Morgan fingerprint density at radius 3 is 2.75 bits per heavy atom. The molecular formula is C11H15ClN2OS. The normalized spacial score (nSPS) is 12.2. The first-order valence-corrected chi connectivity index (χ1v) is 5.97. The molecule has 0 fully saturated rings. The van der Waals surface area contributed by atoms with Gasteiger partial charge >= 0.3 is 0 Å². The minimum atomic E-state index is -0.233. The Labute approximate surface area is 106 Å². The molecule has 16 heavy (non-hydrogen) atoms. The van der Waals surface area contributed by atoms with E-state index in [2.05, 4.69) is 23.3 Å². The molecule has 1 aromatic rings. The van der Waals surface area contributed by atoms with E-state index in [-0.39, 0.29) is 11.9 Å². The van der Waals surface area contributed by atoms with Crippen LogP contribution < -0.4 is 10.6 Å². The lowest BCUT2D eigenvalue weighted by atomic mass is 10.2. The molecule has 0 bridgehead atoms. The van der Waals surface area contributed by atoms with Crippen LogP contribution in [0.5, 0.6) is 0 Å². The van der Waals surface area contributed by atoms with Gasteiger partial charge in [-0.15, -0.1) is 0 Å². The summed E-state index contributed by atoms with van der Waals surface area (Å²) in [5.41, 5.74) is 1.65. The van der Waals surface area contributed by atoms with Crippen molar-refractivity contribution in [3.8, 4) is 0 Å². The second kappa shape index (κ2) is 6.13. The van der Waals surface area contributed by atoms with E-state index >= 15 is 0 Å². The molecule has 1 rings (SSSR count). The van der Waals surface area contributed by atoms with Gasteiger partial charge in [-0.3, -0.25) is 4.79 Å². The molecular weight excluding hydrogens is 244 g/mol. The summed E-state index contributed by atoms with van der Waals surface area (Å²) < 4.78 is 0. The number of amides is 1. The Morgan fingerprint density at radius 1 is 1.56 bits per heavy atom. The third-order valence-electron chi connectivity index (χ3n) is 2.32. The number of hydrogen-bond donors (Lipinski definition) is 3. The minimum Gasteiger partial charge on any atom is -0.325 e. The number of hydrogen-bond acceptors (Lipinski definition) is 3. The molecule has 5 heteroatoms. The van der Waals surface area contributed by atoms with Crippen molar-refractivity contribution in [2.24, 2.45) is 0 Å². The lowest BCUT2D eigenvalue weighted by Gasteiger charge is -2.11. The summed E-state index contributed by atoms with van der Waals surface area (Å²) in [5.74, 6) is 0.497. The van der Waals surface area contributed by atoms with Gasteiger partial charge in [0.2, 0.25) is 5.91 Å². The van der Waals surface area contributed by atoms with Gasteiger partial charge in [0.25, 0.3) is 0 Å². The van der Waals surface area contributed by atoms with Crippen molar-refractivity contribution < 1.29 is 4.79 Å². The molecule has 0 saturated heterocycles. The predicted molar refractivity (Wildman–Crippen MR) is 71.3 cm³/mol. The summed E-state index contributed by atoms with van der Waals surface area (Å²) in [5, 5.41) is 6.25. The average molecular weight is 259 g/mol. The Morgan fingerprint density at radius 2 is 2.25 bits per heavy atom. The zero-order valence-electron chi connectivity index (χ0n) is 9.25. The van der Waals surface area contributed by atoms with Gasteiger partial charge in [-0.2, -0.15) is 12.6 Å². The van der Waals surface area contributed by atoms with Crippen LogP contribution in [0.4, 0.5) is 5.69 Å². The van der Waals surface area contributed by atoms with Gasteiger partial charge in [0.05, 0.1) is 6.04 Å². The highest BCUT2D eigenvalue weighted by molar-refractivity contribution is 7.79. The highest BCUT2D eigenvalue weighted by Crippen LogP contribution is 2.22. The number of rotatable bonds is 4. The standard InChI is InChI=1S/C11H15ClN2OS/c1-7(13-2)11(15)14-9-4-3-8(6-16)10(12)5-9/h3-5,7,13,16H,6H2,1-2H3,(H,14,15). The summed E-state index contributed by atoms with van der Waals surface area (Å²) in [6.45, 7) is 1.79. The highest BCUT2D eigenvalue weighted by Gasteiger charge is 2.10. The molecule has 88 valence electrons. The summed E-state index contributed by atoms with van der Waals surface area (Å²) in [6.07, 6.45) is 0. The second-order valence-corrected chi connectivity index (χ2v) is 4.19. The molecule has 3 nitrogen and oxygen atoms in total. The maximum atomic E-state index is 11.6. The molecule has 1 unspecified atom stereocenters. The van der Waals surface area contributed by atoms with E-state index in [4.69, 9.17) is 11.6 Å². The van der Waals surface area contributed by atoms with Crippen LogP contribution in [-0.4, -0.2) is 19.0 Å². The first kappa shape index (κ1) is 13.4. The lowest BCUT2D eigenvalue weighted by Crippen LogP contribution is -2.35. The quantitative estimate of drug-likeness (QED) is 0.726. The first-order valence-electron chi connectivity index (χ1n) is 4.96. The maximum Gasteiger partial charge on any atom is 0.241 e.